The zero-order valence-corrected chi connectivity index (χ0v) is 21.5. The number of carbonyl (C=O) groups excluding carboxylic acids is 2. The van der Waals surface area contributed by atoms with E-state index >= 15 is 0 Å². The number of likely N-dealkylation sites (tertiary alicyclic amines) is 1. The Hall–Kier alpha value is -3.06. The summed E-state index contributed by atoms with van der Waals surface area (Å²) in [5.41, 5.74) is 3.30. The van der Waals surface area contributed by atoms with E-state index in [1.807, 2.05) is 42.2 Å². The van der Waals surface area contributed by atoms with E-state index in [-0.39, 0.29) is 12.0 Å². The van der Waals surface area contributed by atoms with Crippen LogP contribution in [0, 0.1) is 0 Å². The van der Waals surface area contributed by atoms with Crippen LogP contribution in [0.5, 0.6) is 0 Å². The number of rotatable bonds is 9. The fraction of sp³-hybridized carbons (Fsp3) is 0.517. The molecule has 2 aromatic carbocycles. The van der Waals surface area contributed by atoms with E-state index in [1.54, 1.807) is 0 Å². The molecule has 2 aliphatic rings. The fourth-order valence-electron chi connectivity index (χ4n) is 5.18. The van der Waals surface area contributed by atoms with Crippen molar-refractivity contribution < 1.29 is 14.3 Å². The van der Waals surface area contributed by atoms with E-state index in [2.05, 4.69) is 39.8 Å². The fourth-order valence-corrected chi connectivity index (χ4v) is 5.18. The molecule has 2 amide bonds. The Morgan fingerprint density at radius 3 is 2.31 bits per heavy atom. The average molecular weight is 493 g/mol. The summed E-state index contributed by atoms with van der Waals surface area (Å²) in [6.45, 7) is 5.79. The van der Waals surface area contributed by atoms with Gasteiger partial charge in [0.05, 0.1) is 6.61 Å². The third-order valence-corrected chi connectivity index (χ3v) is 7.19. The SMILES string of the molecule is CCOC(=O)N1CCC(NC2CCN(c3cccc(NC(=O)CCCc4ccccc4)c3)CC2)CC1. The summed E-state index contributed by atoms with van der Waals surface area (Å²) in [6.07, 6.45) is 6.24. The molecule has 0 spiro atoms. The summed E-state index contributed by atoms with van der Waals surface area (Å²) in [6, 6.07) is 19.5. The van der Waals surface area contributed by atoms with Crippen LogP contribution in [0.15, 0.2) is 54.6 Å². The molecule has 4 rings (SSSR count). The molecule has 0 unspecified atom stereocenters. The summed E-state index contributed by atoms with van der Waals surface area (Å²) < 4.78 is 5.12. The van der Waals surface area contributed by atoms with E-state index < -0.39 is 0 Å². The van der Waals surface area contributed by atoms with Crippen LogP contribution in [0.4, 0.5) is 16.2 Å². The lowest BCUT2D eigenvalue weighted by molar-refractivity contribution is -0.116. The zero-order valence-electron chi connectivity index (χ0n) is 21.5. The van der Waals surface area contributed by atoms with Crippen LogP contribution >= 0.6 is 0 Å². The Morgan fingerprint density at radius 2 is 1.61 bits per heavy atom. The second kappa shape index (κ2) is 13.3. The highest BCUT2D eigenvalue weighted by Gasteiger charge is 2.27. The second-order valence-electron chi connectivity index (χ2n) is 9.83. The standard InChI is InChI=1S/C29H40N4O3/c1-2-36-29(35)33-20-16-25(17-21-33)30-24-14-18-32(19-15-24)27-12-7-11-26(22-27)31-28(34)13-6-10-23-8-4-3-5-9-23/h3-5,7-9,11-12,22,24-25,30H,2,6,10,13-21H2,1H3,(H,31,34). The number of ether oxygens (including phenoxy) is 1. The van der Waals surface area contributed by atoms with Gasteiger partial charge in [-0.2, -0.15) is 0 Å². The number of aryl methyl sites for hydroxylation is 1. The number of nitrogens with zero attached hydrogens (tertiary/aromatic N) is 2. The smallest absolute Gasteiger partial charge is 0.409 e. The van der Waals surface area contributed by atoms with Gasteiger partial charge in [-0.15, -0.1) is 0 Å². The normalized spacial score (nSPS) is 17.1. The number of hydrogen-bond acceptors (Lipinski definition) is 5. The zero-order chi connectivity index (χ0) is 25.2. The van der Waals surface area contributed by atoms with Gasteiger partial charge in [0.25, 0.3) is 0 Å². The Labute approximate surface area is 215 Å². The van der Waals surface area contributed by atoms with E-state index in [4.69, 9.17) is 4.74 Å². The van der Waals surface area contributed by atoms with Crippen LogP contribution in [0.2, 0.25) is 0 Å². The predicted octanol–water partition coefficient (Wildman–Crippen LogP) is 4.83. The first kappa shape index (κ1) is 26.0. The number of piperidine rings is 2. The molecule has 2 aromatic rings. The highest BCUT2D eigenvalue weighted by Crippen LogP contribution is 2.24. The van der Waals surface area contributed by atoms with Crippen LogP contribution in [0.3, 0.4) is 0 Å². The van der Waals surface area contributed by atoms with Gasteiger partial charge in [-0.3, -0.25) is 4.79 Å². The van der Waals surface area contributed by atoms with Gasteiger partial charge in [0, 0.05) is 56.1 Å². The lowest BCUT2D eigenvalue weighted by Crippen LogP contribution is -2.50. The molecule has 0 saturated carbocycles. The van der Waals surface area contributed by atoms with Crippen molar-refractivity contribution in [2.45, 2.75) is 64.0 Å². The van der Waals surface area contributed by atoms with Gasteiger partial charge in [-0.1, -0.05) is 36.4 Å². The summed E-state index contributed by atoms with van der Waals surface area (Å²) in [4.78, 5) is 28.6. The number of benzene rings is 2. The molecule has 0 aliphatic carbocycles. The first-order valence-corrected chi connectivity index (χ1v) is 13.5. The maximum atomic E-state index is 12.5. The maximum absolute atomic E-state index is 12.5. The Morgan fingerprint density at radius 1 is 0.917 bits per heavy atom. The van der Waals surface area contributed by atoms with E-state index in [0.717, 1.165) is 70.4 Å². The molecule has 2 aliphatic heterocycles. The van der Waals surface area contributed by atoms with E-state index in [1.165, 1.54) is 11.3 Å². The molecule has 0 bridgehead atoms. The minimum absolute atomic E-state index is 0.0694. The molecule has 2 saturated heterocycles. The van der Waals surface area contributed by atoms with Crippen molar-refractivity contribution in [2.75, 3.05) is 43.0 Å². The summed E-state index contributed by atoms with van der Waals surface area (Å²) in [5, 5.41) is 6.90. The molecule has 7 heteroatoms. The molecule has 2 heterocycles. The summed E-state index contributed by atoms with van der Waals surface area (Å²) >= 11 is 0. The van der Waals surface area contributed by atoms with Gasteiger partial charge in [-0.25, -0.2) is 4.79 Å². The van der Waals surface area contributed by atoms with Crippen LogP contribution < -0.4 is 15.5 Å². The summed E-state index contributed by atoms with van der Waals surface area (Å²) in [5.74, 6) is 0.0694. The monoisotopic (exact) mass is 492 g/mol. The van der Waals surface area contributed by atoms with Crippen molar-refractivity contribution in [3.05, 3.63) is 60.2 Å². The molecule has 2 N–H and O–H groups in total. The van der Waals surface area contributed by atoms with Gasteiger partial charge in [0.1, 0.15) is 0 Å². The minimum atomic E-state index is -0.185. The lowest BCUT2D eigenvalue weighted by atomic mass is 9.99. The topological polar surface area (TPSA) is 73.9 Å². The first-order chi connectivity index (χ1) is 17.6. The molecular formula is C29H40N4O3. The van der Waals surface area contributed by atoms with Crippen LogP contribution in [0.25, 0.3) is 0 Å². The molecule has 36 heavy (non-hydrogen) atoms. The van der Waals surface area contributed by atoms with E-state index in [0.29, 0.717) is 25.1 Å². The highest BCUT2D eigenvalue weighted by molar-refractivity contribution is 5.91. The van der Waals surface area contributed by atoms with Gasteiger partial charge in [0.2, 0.25) is 5.91 Å². The van der Waals surface area contributed by atoms with Gasteiger partial charge < -0.3 is 25.2 Å². The number of carbonyl (C=O) groups is 2. The number of nitrogens with one attached hydrogen (secondary N) is 2. The minimum Gasteiger partial charge on any atom is -0.450 e. The number of amides is 2. The Bertz CT molecular complexity index is 967. The van der Waals surface area contributed by atoms with Crippen molar-refractivity contribution in [2.24, 2.45) is 0 Å². The molecule has 0 aromatic heterocycles. The molecule has 0 atom stereocenters. The van der Waals surface area contributed by atoms with Gasteiger partial charge in [-0.05, 0) is 69.2 Å². The quantitative estimate of drug-likeness (QED) is 0.525. The van der Waals surface area contributed by atoms with E-state index in [9.17, 15) is 9.59 Å². The third-order valence-electron chi connectivity index (χ3n) is 7.19. The lowest BCUT2D eigenvalue weighted by Gasteiger charge is -2.38. The van der Waals surface area contributed by atoms with Crippen LogP contribution in [-0.4, -0.2) is 61.8 Å². The number of hydrogen-bond donors (Lipinski definition) is 2. The second-order valence-corrected chi connectivity index (χ2v) is 9.83. The highest BCUT2D eigenvalue weighted by atomic mass is 16.6. The Kier molecular flexibility index (Phi) is 9.61. The average Bonchev–Trinajstić information content (AvgIpc) is 2.90. The van der Waals surface area contributed by atoms with Gasteiger partial charge >= 0.3 is 6.09 Å². The first-order valence-electron chi connectivity index (χ1n) is 13.5. The van der Waals surface area contributed by atoms with Crippen molar-refractivity contribution in [3.63, 3.8) is 0 Å². The third kappa shape index (κ3) is 7.72. The van der Waals surface area contributed by atoms with Crippen molar-refractivity contribution in [1.82, 2.24) is 10.2 Å². The summed E-state index contributed by atoms with van der Waals surface area (Å²) in [7, 11) is 0. The van der Waals surface area contributed by atoms with Crippen molar-refractivity contribution in [1.29, 1.82) is 0 Å². The molecule has 194 valence electrons. The number of anilines is 2. The van der Waals surface area contributed by atoms with Crippen LogP contribution in [0.1, 0.15) is 51.0 Å². The molecule has 0 radical (unpaired) electrons. The molecule has 2 fully saturated rings. The Balaban J connectivity index is 1.17. The largest absolute Gasteiger partial charge is 0.450 e. The predicted molar refractivity (Wildman–Crippen MR) is 144 cm³/mol. The van der Waals surface area contributed by atoms with Crippen molar-refractivity contribution in [3.8, 4) is 0 Å². The molecule has 7 nitrogen and oxygen atoms in total. The maximum Gasteiger partial charge on any atom is 0.409 e. The molecular weight excluding hydrogens is 452 g/mol. The van der Waals surface area contributed by atoms with Crippen molar-refractivity contribution >= 4 is 23.4 Å². The van der Waals surface area contributed by atoms with Gasteiger partial charge in [0.15, 0.2) is 0 Å². The van der Waals surface area contributed by atoms with Crippen LogP contribution in [-0.2, 0) is 16.0 Å².